The molecule has 1 aromatic rings. The Kier molecular flexibility index (Phi) is 5.48. The predicted octanol–water partition coefficient (Wildman–Crippen LogP) is 1.32. The van der Waals surface area contributed by atoms with E-state index in [0.717, 1.165) is 0 Å². The number of carbonyl (C=O) groups is 1. The van der Waals surface area contributed by atoms with E-state index in [1.165, 1.54) is 21.3 Å². The molecule has 0 fully saturated rings. The maximum absolute atomic E-state index is 11.4. The van der Waals surface area contributed by atoms with Gasteiger partial charge in [-0.3, -0.25) is 4.79 Å². The molecule has 102 valence electrons. The number of hydrogen-bond acceptors (Lipinski definition) is 6. The van der Waals surface area contributed by atoms with E-state index in [9.17, 15) is 4.79 Å². The summed E-state index contributed by atoms with van der Waals surface area (Å²) >= 11 is 0. The van der Waals surface area contributed by atoms with Crippen molar-refractivity contribution in [2.24, 2.45) is 0 Å². The van der Waals surface area contributed by atoms with Crippen LogP contribution in [0.4, 0.5) is 0 Å². The zero-order valence-electron chi connectivity index (χ0n) is 11.1. The Labute approximate surface area is 111 Å². The second kappa shape index (κ2) is 7.11. The summed E-state index contributed by atoms with van der Waals surface area (Å²) in [4.78, 5) is 11.4. The molecule has 0 N–H and O–H groups in total. The van der Waals surface area contributed by atoms with Gasteiger partial charge in [-0.15, -0.1) is 0 Å². The van der Waals surface area contributed by atoms with Crippen molar-refractivity contribution in [1.82, 2.24) is 0 Å². The quantitative estimate of drug-likeness (QED) is 0.722. The van der Waals surface area contributed by atoms with Crippen LogP contribution in [0.5, 0.6) is 17.2 Å². The molecule has 0 aromatic heterocycles. The zero-order chi connectivity index (χ0) is 14.3. The molecule has 0 amide bonds. The molecule has 0 saturated heterocycles. The smallest absolute Gasteiger partial charge is 0.311 e. The van der Waals surface area contributed by atoms with E-state index in [2.05, 4.69) is 4.74 Å². The third-order valence-corrected chi connectivity index (χ3v) is 2.37. The fraction of sp³-hybridized carbons (Fsp3) is 0.385. The highest BCUT2D eigenvalue weighted by Crippen LogP contribution is 2.38. The Morgan fingerprint density at radius 2 is 1.74 bits per heavy atom. The highest BCUT2D eigenvalue weighted by atomic mass is 16.5. The Morgan fingerprint density at radius 3 is 2.16 bits per heavy atom. The van der Waals surface area contributed by atoms with Crippen LogP contribution in [0.15, 0.2) is 12.1 Å². The summed E-state index contributed by atoms with van der Waals surface area (Å²) in [7, 11) is 4.49. The summed E-state index contributed by atoms with van der Waals surface area (Å²) in [6.07, 6.45) is 0.0262. The van der Waals surface area contributed by atoms with Gasteiger partial charge in [0.2, 0.25) is 5.75 Å². The molecule has 19 heavy (non-hydrogen) atoms. The molecule has 0 atom stereocenters. The number of ether oxygens (including phenoxy) is 4. The van der Waals surface area contributed by atoms with Gasteiger partial charge < -0.3 is 18.9 Å². The summed E-state index contributed by atoms with van der Waals surface area (Å²) in [5.41, 5.74) is 0.650. The lowest BCUT2D eigenvalue weighted by Gasteiger charge is -2.13. The number of carbonyl (C=O) groups excluding carboxylic acids is 1. The molecule has 0 heterocycles. The topological polar surface area (TPSA) is 77.8 Å². The van der Waals surface area contributed by atoms with Crippen LogP contribution in [0, 0.1) is 11.3 Å². The molecule has 0 aliphatic carbocycles. The first-order chi connectivity index (χ1) is 9.15. The van der Waals surface area contributed by atoms with Crippen molar-refractivity contribution in [3.8, 4) is 23.3 Å². The van der Waals surface area contributed by atoms with Crippen LogP contribution in [0.2, 0.25) is 0 Å². The Morgan fingerprint density at radius 1 is 1.16 bits per heavy atom. The van der Waals surface area contributed by atoms with Crippen LogP contribution in [0.1, 0.15) is 5.56 Å². The standard InChI is InChI=1S/C13H15NO5/c1-16-10-6-9(8-12(15)19-5-4-14)7-11(17-2)13(10)18-3/h6-7H,5,8H2,1-3H3. The second-order valence-corrected chi connectivity index (χ2v) is 3.53. The van der Waals surface area contributed by atoms with E-state index in [-0.39, 0.29) is 13.0 Å². The van der Waals surface area contributed by atoms with Gasteiger partial charge in [-0.25, -0.2) is 0 Å². The molecule has 6 heteroatoms. The minimum absolute atomic E-state index is 0.0262. The number of nitrogens with zero attached hydrogens (tertiary/aromatic N) is 1. The maximum Gasteiger partial charge on any atom is 0.311 e. The fourth-order valence-corrected chi connectivity index (χ4v) is 1.57. The number of rotatable bonds is 6. The Hall–Kier alpha value is -2.42. The van der Waals surface area contributed by atoms with Gasteiger partial charge in [-0.1, -0.05) is 0 Å². The lowest BCUT2D eigenvalue weighted by molar-refractivity contribution is -0.141. The van der Waals surface area contributed by atoms with Gasteiger partial charge in [-0.05, 0) is 17.7 Å². The van der Waals surface area contributed by atoms with E-state index in [0.29, 0.717) is 22.8 Å². The Balaban J connectivity index is 2.97. The molecule has 1 rings (SSSR count). The third-order valence-electron chi connectivity index (χ3n) is 2.37. The number of nitriles is 1. The van der Waals surface area contributed by atoms with Gasteiger partial charge in [0.15, 0.2) is 18.1 Å². The minimum Gasteiger partial charge on any atom is -0.493 e. The molecule has 0 unspecified atom stereocenters. The molecule has 6 nitrogen and oxygen atoms in total. The first kappa shape index (κ1) is 14.6. The van der Waals surface area contributed by atoms with Gasteiger partial charge in [0.05, 0.1) is 27.8 Å². The van der Waals surface area contributed by atoms with Gasteiger partial charge in [0.25, 0.3) is 0 Å². The number of esters is 1. The molecule has 1 aromatic carbocycles. The van der Waals surface area contributed by atoms with Crippen LogP contribution < -0.4 is 14.2 Å². The van der Waals surface area contributed by atoms with Gasteiger partial charge in [0, 0.05) is 0 Å². The van der Waals surface area contributed by atoms with E-state index >= 15 is 0 Å². The van der Waals surface area contributed by atoms with Crippen LogP contribution in [0.3, 0.4) is 0 Å². The van der Waals surface area contributed by atoms with Crippen molar-refractivity contribution in [3.63, 3.8) is 0 Å². The number of methoxy groups -OCH3 is 3. The Bertz CT molecular complexity index is 467. The van der Waals surface area contributed by atoms with E-state index in [1.807, 2.05) is 0 Å². The predicted molar refractivity (Wildman–Crippen MR) is 66.4 cm³/mol. The number of benzene rings is 1. The molecule has 0 aliphatic heterocycles. The molecule has 0 saturated carbocycles. The molecule has 0 bridgehead atoms. The SMILES string of the molecule is COc1cc(CC(=O)OCC#N)cc(OC)c1OC. The molecular weight excluding hydrogens is 250 g/mol. The summed E-state index contributed by atoms with van der Waals surface area (Å²) in [5.74, 6) is 0.893. The highest BCUT2D eigenvalue weighted by Gasteiger charge is 2.15. The molecule has 0 aliphatic rings. The first-order valence-corrected chi connectivity index (χ1v) is 5.47. The average molecular weight is 265 g/mol. The first-order valence-electron chi connectivity index (χ1n) is 5.47. The van der Waals surface area contributed by atoms with Crippen molar-refractivity contribution in [2.45, 2.75) is 6.42 Å². The van der Waals surface area contributed by atoms with Crippen LogP contribution in [0.25, 0.3) is 0 Å². The van der Waals surface area contributed by atoms with Gasteiger partial charge in [-0.2, -0.15) is 5.26 Å². The summed E-state index contributed by atoms with van der Waals surface area (Å²) in [6.45, 7) is -0.261. The van der Waals surface area contributed by atoms with Crippen LogP contribution >= 0.6 is 0 Å². The molecule has 0 spiro atoms. The van der Waals surface area contributed by atoms with Crippen LogP contribution in [-0.4, -0.2) is 33.9 Å². The van der Waals surface area contributed by atoms with Crippen molar-refractivity contribution < 1.29 is 23.7 Å². The van der Waals surface area contributed by atoms with E-state index in [4.69, 9.17) is 19.5 Å². The summed E-state index contributed by atoms with van der Waals surface area (Å²) in [6, 6.07) is 5.06. The summed E-state index contributed by atoms with van der Waals surface area (Å²) < 4.78 is 20.2. The maximum atomic E-state index is 11.4. The zero-order valence-corrected chi connectivity index (χ0v) is 11.1. The van der Waals surface area contributed by atoms with E-state index in [1.54, 1.807) is 18.2 Å². The lowest BCUT2D eigenvalue weighted by Crippen LogP contribution is -2.08. The lowest BCUT2D eigenvalue weighted by atomic mass is 10.1. The van der Waals surface area contributed by atoms with Gasteiger partial charge in [0.1, 0.15) is 6.07 Å². The normalized spacial score (nSPS) is 9.37. The molecular formula is C13H15NO5. The fourth-order valence-electron chi connectivity index (χ4n) is 1.57. The van der Waals surface area contributed by atoms with E-state index < -0.39 is 5.97 Å². The van der Waals surface area contributed by atoms with Crippen LogP contribution in [-0.2, 0) is 16.0 Å². The van der Waals surface area contributed by atoms with Gasteiger partial charge >= 0.3 is 5.97 Å². The highest BCUT2D eigenvalue weighted by molar-refractivity contribution is 5.73. The second-order valence-electron chi connectivity index (χ2n) is 3.53. The van der Waals surface area contributed by atoms with Crippen molar-refractivity contribution in [1.29, 1.82) is 5.26 Å². The van der Waals surface area contributed by atoms with Crippen molar-refractivity contribution in [2.75, 3.05) is 27.9 Å². The molecule has 0 radical (unpaired) electrons. The van der Waals surface area contributed by atoms with Crippen molar-refractivity contribution in [3.05, 3.63) is 17.7 Å². The minimum atomic E-state index is -0.490. The largest absolute Gasteiger partial charge is 0.493 e. The third kappa shape index (κ3) is 3.78. The van der Waals surface area contributed by atoms with Crippen molar-refractivity contribution >= 4 is 5.97 Å². The summed E-state index contributed by atoms with van der Waals surface area (Å²) in [5, 5.41) is 8.33. The monoisotopic (exact) mass is 265 g/mol. The number of hydrogen-bond donors (Lipinski definition) is 0. The average Bonchev–Trinajstić information content (AvgIpc) is 2.43.